The molecule has 2 heterocycles. The Balaban J connectivity index is 1.60. The average Bonchev–Trinajstić information content (AvgIpc) is 2.84. The van der Waals surface area contributed by atoms with Gasteiger partial charge in [0.15, 0.2) is 0 Å². The number of esters is 1. The fourth-order valence-corrected chi connectivity index (χ4v) is 3.92. The van der Waals surface area contributed by atoms with E-state index < -0.39 is 5.97 Å². The van der Waals surface area contributed by atoms with E-state index >= 15 is 0 Å². The molecule has 0 amide bonds. The number of pyridine rings is 1. The van der Waals surface area contributed by atoms with Gasteiger partial charge in [0.25, 0.3) is 0 Å². The Morgan fingerprint density at radius 2 is 2.04 bits per heavy atom. The number of aliphatic carboxylic acids is 1. The zero-order chi connectivity index (χ0) is 17.1. The van der Waals surface area contributed by atoms with Crippen LogP contribution in [0.15, 0.2) is 18.3 Å². The molecule has 24 heavy (non-hydrogen) atoms. The van der Waals surface area contributed by atoms with Crippen molar-refractivity contribution in [2.75, 3.05) is 37.0 Å². The summed E-state index contributed by atoms with van der Waals surface area (Å²) in [5, 5.41) is 11.7. The van der Waals surface area contributed by atoms with E-state index in [2.05, 4.69) is 15.2 Å². The van der Waals surface area contributed by atoms with Crippen LogP contribution in [0.3, 0.4) is 0 Å². The third-order valence-electron chi connectivity index (χ3n) is 5.05. The largest absolute Gasteiger partial charge is 0.481 e. The average molecular weight is 333 g/mol. The molecular weight excluding hydrogens is 310 g/mol. The van der Waals surface area contributed by atoms with Crippen molar-refractivity contribution < 1.29 is 19.4 Å². The van der Waals surface area contributed by atoms with Gasteiger partial charge in [-0.3, -0.25) is 9.59 Å². The van der Waals surface area contributed by atoms with E-state index in [4.69, 9.17) is 9.84 Å². The van der Waals surface area contributed by atoms with E-state index in [-0.39, 0.29) is 18.3 Å². The summed E-state index contributed by atoms with van der Waals surface area (Å²) < 4.78 is 4.96. The highest BCUT2D eigenvalue weighted by Crippen LogP contribution is 2.43. The monoisotopic (exact) mass is 333 g/mol. The van der Waals surface area contributed by atoms with Gasteiger partial charge in [-0.25, -0.2) is 4.98 Å². The van der Waals surface area contributed by atoms with Crippen LogP contribution in [0.4, 0.5) is 11.5 Å². The maximum absolute atomic E-state index is 12.0. The number of nitrogens with zero attached hydrogens (tertiary/aromatic N) is 2. The van der Waals surface area contributed by atoms with E-state index in [0.717, 1.165) is 37.4 Å². The first-order valence-corrected chi connectivity index (χ1v) is 8.33. The van der Waals surface area contributed by atoms with Gasteiger partial charge in [0.05, 0.1) is 31.3 Å². The quantitative estimate of drug-likeness (QED) is 0.764. The molecule has 7 nitrogen and oxygen atoms in total. The molecule has 2 unspecified atom stereocenters. The summed E-state index contributed by atoms with van der Waals surface area (Å²) in [6.07, 6.45) is 3.93. The topological polar surface area (TPSA) is 91.8 Å². The molecule has 0 radical (unpaired) electrons. The summed E-state index contributed by atoms with van der Waals surface area (Å²) >= 11 is 0. The summed E-state index contributed by atoms with van der Waals surface area (Å²) in [5.41, 5.74) is 0.812. The van der Waals surface area contributed by atoms with Crippen molar-refractivity contribution in [3.05, 3.63) is 18.3 Å². The number of anilines is 2. The molecule has 1 aliphatic carbocycles. The van der Waals surface area contributed by atoms with Gasteiger partial charge < -0.3 is 20.1 Å². The van der Waals surface area contributed by atoms with Gasteiger partial charge in [-0.15, -0.1) is 0 Å². The van der Waals surface area contributed by atoms with Gasteiger partial charge in [-0.05, 0) is 36.8 Å². The van der Waals surface area contributed by atoms with Gasteiger partial charge in [0.1, 0.15) is 5.82 Å². The minimum Gasteiger partial charge on any atom is -0.481 e. The minimum atomic E-state index is -0.823. The van der Waals surface area contributed by atoms with E-state index in [1.807, 2.05) is 12.1 Å². The zero-order valence-electron chi connectivity index (χ0n) is 13.8. The number of hydrogen-bond donors (Lipinski definition) is 2. The molecule has 2 N–H and O–H groups in total. The van der Waals surface area contributed by atoms with Crippen molar-refractivity contribution >= 4 is 23.4 Å². The Hall–Kier alpha value is -2.31. The molecule has 2 bridgehead atoms. The Morgan fingerprint density at radius 3 is 2.58 bits per heavy atom. The molecule has 2 aliphatic rings. The predicted octanol–water partition coefficient (Wildman–Crippen LogP) is 1.60. The van der Waals surface area contributed by atoms with Gasteiger partial charge in [-0.2, -0.15) is 0 Å². The number of carbonyl (C=O) groups excluding carboxylic acids is 1. The smallest absolute Gasteiger partial charge is 0.309 e. The Morgan fingerprint density at radius 1 is 1.33 bits per heavy atom. The molecule has 0 aromatic carbocycles. The Bertz CT molecular complexity index is 590. The summed E-state index contributed by atoms with van der Waals surface area (Å²) in [6, 6.07) is 3.86. The van der Waals surface area contributed by atoms with Gasteiger partial charge >= 0.3 is 11.9 Å². The molecular formula is C17H23N3O4. The van der Waals surface area contributed by atoms with Gasteiger partial charge in [0.2, 0.25) is 0 Å². The third kappa shape index (κ3) is 3.44. The van der Waals surface area contributed by atoms with Crippen LogP contribution in [0.5, 0.6) is 0 Å². The second kappa shape index (κ2) is 7.07. The Labute approximate surface area is 141 Å². The van der Waals surface area contributed by atoms with Crippen LogP contribution in [0.2, 0.25) is 0 Å². The number of carbonyl (C=O) groups is 2. The van der Waals surface area contributed by atoms with Crippen LogP contribution in [-0.2, 0) is 14.3 Å². The number of carboxylic acids is 1. The predicted molar refractivity (Wildman–Crippen MR) is 88.9 cm³/mol. The highest BCUT2D eigenvalue weighted by molar-refractivity contribution is 5.74. The van der Waals surface area contributed by atoms with Crippen LogP contribution >= 0.6 is 0 Å². The van der Waals surface area contributed by atoms with Crippen molar-refractivity contribution in [3.63, 3.8) is 0 Å². The second-order valence-corrected chi connectivity index (χ2v) is 6.53. The van der Waals surface area contributed by atoms with E-state index in [0.29, 0.717) is 18.4 Å². The molecule has 0 spiro atoms. The fraction of sp³-hybridized carbons (Fsp3) is 0.588. The number of hydrogen-bond acceptors (Lipinski definition) is 6. The van der Waals surface area contributed by atoms with Crippen LogP contribution in [0, 0.1) is 17.8 Å². The number of piperidine rings is 1. The van der Waals surface area contributed by atoms with Crippen molar-refractivity contribution in [3.8, 4) is 0 Å². The number of fused-ring (bicyclic) bond motifs is 2. The zero-order valence-corrected chi connectivity index (χ0v) is 13.8. The second-order valence-electron chi connectivity index (χ2n) is 6.53. The van der Waals surface area contributed by atoms with Crippen molar-refractivity contribution in [1.29, 1.82) is 0 Å². The maximum atomic E-state index is 12.0. The van der Waals surface area contributed by atoms with E-state index in [9.17, 15) is 9.59 Å². The lowest BCUT2D eigenvalue weighted by Crippen LogP contribution is -2.45. The van der Waals surface area contributed by atoms with Crippen LogP contribution < -0.4 is 10.2 Å². The fourth-order valence-electron chi connectivity index (χ4n) is 3.92. The summed E-state index contributed by atoms with van der Waals surface area (Å²) in [7, 11) is 1.46. The lowest BCUT2D eigenvalue weighted by molar-refractivity contribution is -0.148. The van der Waals surface area contributed by atoms with Crippen LogP contribution in [-0.4, -0.2) is 48.8 Å². The summed E-state index contributed by atoms with van der Waals surface area (Å²) in [6.45, 7) is 2.04. The summed E-state index contributed by atoms with van der Waals surface area (Å²) in [5.74, 6) is 0.712. The molecule has 130 valence electrons. The lowest BCUT2D eigenvalue weighted by atomic mass is 9.85. The number of aromatic nitrogens is 1. The molecule has 7 heteroatoms. The first kappa shape index (κ1) is 16.5. The third-order valence-corrected chi connectivity index (χ3v) is 5.05. The molecule has 1 aromatic heterocycles. The minimum absolute atomic E-state index is 0.0307. The van der Waals surface area contributed by atoms with Gasteiger partial charge in [-0.1, -0.05) is 0 Å². The molecule has 1 aliphatic heterocycles. The molecule has 2 fully saturated rings. The SMILES string of the molecule is COC(=O)C1C2CCC1CN(c1ccc(NCCC(=O)O)cn1)C2. The first-order chi connectivity index (χ1) is 11.6. The number of nitrogens with one attached hydrogen (secondary N) is 1. The van der Waals surface area contributed by atoms with E-state index in [1.54, 1.807) is 6.20 Å². The molecule has 3 rings (SSSR count). The van der Waals surface area contributed by atoms with Crippen LogP contribution in [0.1, 0.15) is 19.3 Å². The highest BCUT2D eigenvalue weighted by Gasteiger charge is 2.46. The van der Waals surface area contributed by atoms with Crippen molar-refractivity contribution in [2.24, 2.45) is 17.8 Å². The van der Waals surface area contributed by atoms with Gasteiger partial charge in [0, 0.05) is 19.6 Å². The lowest BCUT2D eigenvalue weighted by Gasteiger charge is -2.37. The maximum Gasteiger partial charge on any atom is 0.309 e. The van der Waals surface area contributed by atoms with Crippen molar-refractivity contribution in [1.82, 2.24) is 4.98 Å². The number of methoxy groups -OCH3 is 1. The van der Waals surface area contributed by atoms with Crippen LogP contribution in [0.25, 0.3) is 0 Å². The molecule has 1 aromatic rings. The summed E-state index contributed by atoms with van der Waals surface area (Å²) in [4.78, 5) is 29.2. The standard InChI is InChI=1S/C17H23N3O4/c1-24-17(23)16-11-2-3-12(16)10-20(9-11)14-5-4-13(8-19-14)18-7-6-15(21)22/h4-5,8,11-12,16,18H,2-3,6-7,9-10H2,1H3,(H,21,22). The molecule has 1 saturated carbocycles. The Kier molecular flexibility index (Phi) is 4.87. The first-order valence-electron chi connectivity index (χ1n) is 8.33. The number of carboxylic acid groups (broad SMARTS) is 1. The highest BCUT2D eigenvalue weighted by atomic mass is 16.5. The molecule has 2 atom stereocenters. The van der Waals surface area contributed by atoms with E-state index in [1.165, 1.54) is 7.11 Å². The molecule has 1 saturated heterocycles. The normalized spacial score (nSPS) is 25.4. The number of rotatable bonds is 6. The van der Waals surface area contributed by atoms with Crippen molar-refractivity contribution in [2.45, 2.75) is 19.3 Å². The number of ether oxygens (including phenoxy) is 1.